The van der Waals surface area contributed by atoms with Crippen molar-refractivity contribution in [1.82, 2.24) is 4.90 Å². The van der Waals surface area contributed by atoms with Gasteiger partial charge in [0.05, 0.1) is 0 Å². The van der Waals surface area contributed by atoms with Crippen LogP contribution in [0.25, 0.3) is 0 Å². The van der Waals surface area contributed by atoms with E-state index < -0.39 is 5.60 Å². The molecule has 0 aromatic heterocycles. The highest BCUT2D eigenvalue weighted by Gasteiger charge is 2.31. The summed E-state index contributed by atoms with van der Waals surface area (Å²) in [6.07, 6.45) is 0.758. The van der Waals surface area contributed by atoms with Gasteiger partial charge in [0, 0.05) is 24.0 Å². The molecule has 1 atom stereocenters. The Morgan fingerprint density at radius 3 is 2.70 bits per heavy atom. The predicted octanol–water partition coefficient (Wildman–Crippen LogP) is 4.37. The number of rotatable bonds is 1. The molecule has 1 heterocycles. The summed E-state index contributed by atoms with van der Waals surface area (Å²) in [6, 6.07) is 5.97. The molecular weight excluding hydrogens is 274 g/mol. The molecular formula is C16H22ClNO2. The van der Waals surface area contributed by atoms with Gasteiger partial charge in [0.2, 0.25) is 0 Å². The van der Waals surface area contributed by atoms with Gasteiger partial charge in [-0.15, -0.1) is 0 Å². The van der Waals surface area contributed by atoms with Gasteiger partial charge in [0.1, 0.15) is 5.60 Å². The number of amides is 1. The maximum absolute atomic E-state index is 12.1. The molecule has 3 nitrogen and oxygen atoms in total. The second kappa shape index (κ2) is 5.65. The first-order valence-electron chi connectivity index (χ1n) is 7.00. The molecule has 0 saturated carbocycles. The highest BCUT2D eigenvalue weighted by atomic mass is 35.5. The second-order valence-corrected chi connectivity index (χ2v) is 6.85. The Hall–Kier alpha value is -1.22. The fraction of sp³-hybridized carbons (Fsp3) is 0.562. The van der Waals surface area contributed by atoms with Gasteiger partial charge in [-0.1, -0.05) is 17.7 Å². The van der Waals surface area contributed by atoms with Crippen LogP contribution in [-0.2, 0) is 4.74 Å². The number of likely N-dealkylation sites (tertiary alicyclic amines) is 1. The van der Waals surface area contributed by atoms with E-state index in [0.29, 0.717) is 5.92 Å². The van der Waals surface area contributed by atoms with Crippen LogP contribution < -0.4 is 0 Å². The summed E-state index contributed by atoms with van der Waals surface area (Å²) in [5.74, 6) is 0.375. The van der Waals surface area contributed by atoms with Crippen molar-refractivity contribution in [1.29, 1.82) is 0 Å². The summed E-state index contributed by atoms with van der Waals surface area (Å²) in [6.45, 7) is 9.21. The molecule has 1 aromatic carbocycles. The van der Waals surface area contributed by atoms with E-state index >= 15 is 0 Å². The van der Waals surface area contributed by atoms with Crippen LogP contribution in [0.15, 0.2) is 18.2 Å². The lowest BCUT2D eigenvalue weighted by Crippen LogP contribution is -2.35. The van der Waals surface area contributed by atoms with Gasteiger partial charge >= 0.3 is 6.09 Å². The Kier molecular flexibility index (Phi) is 4.28. The first-order chi connectivity index (χ1) is 9.26. The van der Waals surface area contributed by atoms with Gasteiger partial charge in [-0.25, -0.2) is 4.79 Å². The normalized spacial score (nSPS) is 19.2. The molecule has 0 radical (unpaired) electrons. The molecule has 1 saturated heterocycles. The van der Waals surface area contributed by atoms with Gasteiger partial charge in [0.15, 0.2) is 0 Å². The number of hydrogen-bond donors (Lipinski definition) is 0. The fourth-order valence-electron chi connectivity index (χ4n) is 2.60. The average Bonchev–Trinajstić information content (AvgIpc) is 2.75. The van der Waals surface area contributed by atoms with Crippen molar-refractivity contribution in [2.45, 2.75) is 45.6 Å². The minimum absolute atomic E-state index is 0.216. The van der Waals surface area contributed by atoms with E-state index in [1.165, 1.54) is 11.1 Å². The smallest absolute Gasteiger partial charge is 0.410 e. The van der Waals surface area contributed by atoms with E-state index in [-0.39, 0.29) is 6.09 Å². The van der Waals surface area contributed by atoms with E-state index in [4.69, 9.17) is 16.3 Å². The van der Waals surface area contributed by atoms with Gasteiger partial charge in [-0.2, -0.15) is 0 Å². The quantitative estimate of drug-likeness (QED) is 0.770. The topological polar surface area (TPSA) is 29.5 Å². The first-order valence-corrected chi connectivity index (χ1v) is 7.38. The molecule has 4 heteroatoms. The van der Waals surface area contributed by atoms with Crippen molar-refractivity contribution in [2.24, 2.45) is 0 Å². The van der Waals surface area contributed by atoms with Crippen LogP contribution in [0, 0.1) is 6.92 Å². The maximum atomic E-state index is 12.1. The molecule has 0 N–H and O–H groups in total. The standard InChI is InChI=1S/C16H22ClNO2/c1-11-9-13(17)5-6-14(11)12-7-8-18(10-12)15(19)20-16(2,3)4/h5-6,9,12H,7-8,10H2,1-4H3. The molecule has 0 bridgehead atoms. The van der Waals surface area contributed by atoms with E-state index in [1.807, 2.05) is 32.9 Å². The van der Waals surface area contributed by atoms with Crippen molar-refractivity contribution in [3.8, 4) is 0 Å². The van der Waals surface area contributed by atoms with Gasteiger partial charge in [-0.3, -0.25) is 0 Å². The number of halogens is 1. The summed E-state index contributed by atoms with van der Waals surface area (Å²) in [5.41, 5.74) is 2.03. The molecule has 2 rings (SSSR count). The highest BCUT2D eigenvalue weighted by molar-refractivity contribution is 6.30. The molecule has 110 valence electrons. The van der Waals surface area contributed by atoms with Crippen LogP contribution in [0.1, 0.15) is 44.2 Å². The van der Waals surface area contributed by atoms with Crippen molar-refractivity contribution >= 4 is 17.7 Å². The number of nitrogens with zero attached hydrogens (tertiary/aromatic N) is 1. The Morgan fingerprint density at radius 1 is 1.40 bits per heavy atom. The maximum Gasteiger partial charge on any atom is 0.410 e. The molecule has 1 aliphatic rings. The lowest BCUT2D eigenvalue weighted by molar-refractivity contribution is 0.0292. The monoisotopic (exact) mass is 295 g/mol. The van der Waals surface area contributed by atoms with Crippen LogP contribution in [0.5, 0.6) is 0 Å². The zero-order valence-corrected chi connectivity index (χ0v) is 13.3. The number of carbonyl (C=O) groups is 1. The molecule has 1 aliphatic heterocycles. The first kappa shape index (κ1) is 15.2. The summed E-state index contributed by atoms with van der Waals surface area (Å²) >= 11 is 5.99. The van der Waals surface area contributed by atoms with Gasteiger partial charge < -0.3 is 9.64 Å². The summed E-state index contributed by atoms with van der Waals surface area (Å²) in [4.78, 5) is 13.9. The van der Waals surface area contributed by atoms with Crippen molar-refractivity contribution in [3.05, 3.63) is 34.3 Å². The van der Waals surface area contributed by atoms with Crippen LogP contribution in [0.2, 0.25) is 5.02 Å². The lowest BCUT2D eigenvalue weighted by Gasteiger charge is -2.24. The van der Waals surface area contributed by atoms with E-state index in [1.54, 1.807) is 4.90 Å². The number of ether oxygens (including phenoxy) is 1. The predicted molar refractivity (Wildman–Crippen MR) is 81.4 cm³/mol. The van der Waals surface area contributed by atoms with Gasteiger partial charge in [-0.05, 0) is 57.4 Å². The van der Waals surface area contributed by atoms with Crippen LogP contribution in [0.4, 0.5) is 4.79 Å². The number of hydrogen-bond acceptors (Lipinski definition) is 2. The largest absolute Gasteiger partial charge is 0.444 e. The molecule has 20 heavy (non-hydrogen) atoms. The zero-order valence-electron chi connectivity index (χ0n) is 12.6. The van der Waals surface area contributed by atoms with E-state index in [9.17, 15) is 4.79 Å². The Morgan fingerprint density at radius 2 is 2.10 bits per heavy atom. The van der Waals surface area contributed by atoms with Crippen LogP contribution >= 0.6 is 11.6 Å². The Labute approximate surface area is 125 Å². The third-order valence-electron chi connectivity index (χ3n) is 3.51. The summed E-state index contributed by atoms with van der Waals surface area (Å²) in [5, 5.41) is 0.758. The summed E-state index contributed by atoms with van der Waals surface area (Å²) < 4.78 is 5.42. The SMILES string of the molecule is Cc1cc(Cl)ccc1C1CCN(C(=O)OC(C)(C)C)C1. The van der Waals surface area contributed by atoms with Crippen LogP contribution in [-0.4, -0.2) is 29.7 Å². The van der Waals surface area contributed by atoms with E-state index in [2.05, 4.69) is 13.0 Å². The molecule has 1 unspecified atom stereocenters. The average molecular weight is 296 g/mol. The molecule has 1 aromatic rings. The van der Waals surface area contributed by atoms with Crippen molar-refractivity contribution < 1.29 is 9.53 Å². The third kappa shape index (κ3) is 3.66. The number of carbonyl (C=O) groups excluding carboxylic acids is 1. The second-order valence-electron chi connectivity index (χ2n) is 6.41. The molecule has 1 amide bonds. The zero-order chi connectivity index (χ0) is 14.9. The molecule has 1 fully saturated rings. The van der Waals surface area contributed by atoms with Crippen molar-refractivity contribution in [2.75, 3.05) is 13.1 Å². The Balaban J connectivity index is 2.03. The number of benzene rings is 1. The van der Waals surface area contributed by atoms with Crippen LogP contribution in [0.3, 0.4) is 0 Å². The fourth-order valence-corrected chi connectivity index (χ4v) is 2.83. The highest BCUT2D eigenvalue weighted by Crippen LogP contribution is 2.31. The minimum atomic E-state index is -0.439. The Bertz CT molecular complexity index is 508. The van der Waals surface area contributed by atoms with Gasteiger partial charge in [0.25, 0.3) is 0 Å². The summed E-state index contributed by atoms with van der Waals surface area (Å²) in [7, 11) is 0. The third-order valence-corrected chi connectivity index (χ3v) is 3.75. The molecule has 0 spiro atoms. The molecule has 0 aliphatic carbocycles. The van der Waals surface area contributed by atoms with E-state index in [0.717, 1.165) is 24.5 Å². The number of aryl methyl sites for hydroxylation is 1. The van der Waals surface area contributed by atoms with Crippen molar-refractivity contribution in [3.63, 3.8) is 0 Å². The lowest BCUT2D eigenvalue weighted by atomic mass is 9.94. The minimum Gasteiger partial charge on any atom is -0.444 e.